The van der Waals surface area contributed by atoms with Gasteiger partial charge in [-0.2, -0.15) is 0 Å². The Balaban J connectivity index is 1.51. The smallest absolute Gasteiger partial charge is 0.319 e. The number of anilines is 2. The highest BCUT2D eigenvalue weighted by Gasteiger charge is 2.15. The number of halogens is 3. The van der Waals surface area contributed by atoms with Gasteiger partial charge in [0.15, 0.2) is 17.5 Å². The maximum atomic E-state index is 13.5. The van der Waals surface area contributed by atoms with Crippen LogP contribution in [-0.2, 0) is 0 Å². The van der Waals surface area contributed by atoms with E-state index in [-0.39, 0.29) is 6.54 Å². The number of carbonyl (C=O) groups is 1. The number of hydrogen-bond acceptors (Lipinski definition) is 5. The lowest BCUT2D eigenvalue weighted by Crippen LogP contribution is -2.33. The minimum absolute atomic E-state index is 0.166. The van der Waals surface area contributed by atoms with Crippen LogP contribution in [0.5, 0.6) is 0 Å². The van der Waals surface area contributed by atoms with Crippen molar-refractivity contribution in [2.75, 3.05) is 23.7 Å². The van der Waals surface area contributed by atoms with Gasteiger partial charge in [0, 0.05) is 24.8 Å². The molecule has 3 aromatic rings. The number of urea groups is 1. The van der Waals surface area contributed by atoms with Crippen molar-refractivity contribution in [3.05, 3.63) is 59.7 Å². The third-order valence-corrected chi connectivity index (χ3v) is 4.15. The van der Waals surface area contributed by atoms with Gasteiger partial charge in [0.05, 0.1) is 11.4 Å². The van der Waals surface area contributed by atoms with Crippen molar-refractivity contribution < 1.29 is 18.0 Å². The molecule has 29 heavy (non-hydrogen) atoms. The van der Waals surface area contributed by atoms with Crippen LogP contribution < -0.4 is 16.0 Å². The van der Waals surface area contributed by atoms with Crippen LogP contribution in [0.3, 0.4) is 0 Å². The summed E-state index contributed by atoms with van der Waals surface area (Å²) >= 11 is 0. The molecule has 2 aromatic heterocycles. The molecule has 0 saturated heterocycles. The maximum absolute atomic E-state index is 13.5. The first kappa shape index (κ1) is 20.1. The predicted octanol–water partition coefficient (Wildman–Crippen LogP) is 2.93. The predicted molar refractivity (Wildman–Crippen MR) is 100 cm³/mol. The van der Waals surface area contributed by atoms with Gasteiger partial charge in [-0.25, -0.2) is 32.9 Å². The zero-order valence-electron chi connectivity index (χ0n) is 15.6. The van der Waals surface area contributed by atoms with Gasteiger partial charge in [-0.3, -0.25) is 4.57 Å². The number of hydrogen-bond donors (Lipinski definition) is 3. The molecule has 0 saturated carbocycles. The number of rotatable bonds is 6. The molecule has 152 valence electrons. The molecule has 0 bridgehead atoms. The molecule has 0 atom stereocenters. The number of aromatic nitrogens is 4. The van der Waals surface area contributed by atoms with Gasteiger partial charge in [-0.05, 0) is 26.0 Å². The van der Waals surface area contributed by atoms with Gasteiger partial charge in [-0.15, -0.1) is 0 Å². The van der Waals surface area contributed by atoms with E-state index < -0.39 is 29.2 Å². The summed E-state index contributed by atoms with van der Waals surface area (Å²) in [6.45, 7) is 4.30. The van der Waals surface area contributed by atoms with Crippen LogP contribution in [-0.4, -0.2) is 38.6 Å². The Labute approximate surface area is 164 Å². The number of amides is 2. The zero-order chi connectivity index (χ0) is 21.0. The lowest BCUT2D eigenvalue weighted by molar-refractivity contribution is 0.252. The Morgan fingerprint density at radius 3 is 2.59 bits per heavy atom. The Bertz CT molecular complexity index is 1040. The molecule has 1 aromatic carbocycles. The number of imidazole rings is 1. The van der Waals surface area contributed by atoms with E-state index in [2.05, 4.69) is 30.9 Å². The van der Waals surface area contributed by atoms with Gasteiger partial charge in [0.1, 0.15) is 24.3 Å². The van der Waals surface area contributed by atoms with Crippen LogP contribution in [0.1, 0.15) is 11.4 Å². The van der Waals surface area contributed by atoms with Gasteiger partial charge < -0.3 is 16.0 Å². The van der Waals surface area contributed by atoms with Crippen molar-refractivity contribution >= 4 is 17.5 Å². The summed E-state index contributed by atoms with van der Waals surface area (Å²) in [7, 11) is 0. The summed E-state index contributed by atoms with van der Waals surface area (Å²) in [6.07, 6.45) is 3.07. The van der Waals surface area contributed by atoms with Gasteiger partial charge >= 0.3 is 6.03 Å². The van der Waals surface area contributed by atoms with Gasteiger partial charge in [0.25, 0.3) is 0 Å². The summed E-state index contributed by atoms with van der Waals surface area (Å²) in [4.78, 5) is 24.3. The highest BCUT2D eigenvalue weighted by atomic mass is 19.2. The molecule has 0 fully saturated rings. The molecule has 0 spiro atoms. The average Bonchev–Trinajstić information content (AvgIpc) is 3.05. The Morgan fingerprint density at radius 2 is 1.86 bits per heavy atom. The van der Waals surface area contributed by atoms with E-state index in [4.69, 9.17) is 0 Å². The third kappa shape index (κ3) is 4.62. The standard InChI is InChI=1S/C18H18F3N7O/c1-10-11(2)28(9-26-10)15-7-14(24-8-25-15)22-5-6-23-18(29)27-13-4-3-12(19)16(20)17(13)21/h3-4,7-9H,5-6H2,1-2H3,(H,22,24,25)(H2,23,27,29). The van der Waals surface area contributed by atoms with Crippen molar-refractivity contribution in [1.29, 1.82) is 0 Å². The molecular weight excluding hydrogens is 387 g/mol. The monoisotopic (exact) mass is 405 g/mol. The van der Waals surface area contributed by atoms with E-state index in [9.17, 15) is 18.0 Å². The first-order valence-electron chi connectivity index (χ1n) is 8.62. The van der Waals surface area contributed by atoms with Crippen molar-refractivity contribution in [2.24, 2.45) is 0 Å². The molecule has 2 heterocycles. The minimum atomic E-state index is -1.65. The number of nitrogens with one attached hydrogen (secondary N) is 3. The lowest BCUT2D eigenvalue weighted by Gasteiger charge is -2.11. The summed E-state index contributed by atoms with van der Waals surface area (Å²) in [5.74, 6) is -3.26. The van der Waals surface area contributed by atoms with E-state index >= 15 is 0 Å². The van der Waals surface area contributed by atoms with Crippen molar-refractivity contribution in [3.63, 3.8) is 0 Å². The molecule has 0 unspecified atom stereocenters. The van der Waals surface area contributed by atoms with E-state index in [1.807, 2.05) is 18.4 Å². The molecule has 11 heteroatoms. The van der Waals surface area contributed by atoms with Crippen LogP contribution in [0.2, 0.25) is 0 Å². The lowest BCUT2D eigenvalue weighted by atomic mass is 10.3. The zero-order valence-corrected chi connectivity index (χ0v) is 15.6. The summed E-state index contributed by atoms with van der Waals surface area (Å²) in [5, 5.41) is 7.61. The van der Waals surface area contributed by atoms with Gasteiger partial charge in [-0.1, -0.05) is 0 Å². The summed E-state index contributed by atoms with van der Waals surface area (Å²) in [5.41, 5.74) is 1.39. The van der Waals surface area contributed by atoms with Crippen molar-refractivity contribution in [2.45, 2.75) is 13.8 Å². The Hall–Kier alpha value is -3.63. The minimum Gasteiger partial charge on any atom is -0.368 e. The fraction of sp³-hybridized carbons (Fsp3) is 0.222. The first-order valence-corrected chi connectivity index (χ1v) is 8.62. The fourth-order valence-electron chi connectivity index (χ4n) is 2.46. The van der Waals surface area contributed by atoms with E-state index in [0.717, 1.165) is 23.5 Å². The average molecular weight is 405 g/mol. The molecule has 3 N–H and O–H groups in total. The molecular formula is C18H18F3N7O. The maximum Gasteiger partial charge on any atom is 0.319 e. The quantitative estimate of drug-likeness (QED) is 0.433. The number of nitrogens with zero attached hydrogens (tertiary/aromatic N) is 4. The second-order valence-electron chi connectivity index (χ2n) is 6.08. The van der Waals surface area contributed by atoms with Crippen LogP contribution in [0.25, 0.3) is 5.82 Å². The summed E-state index contributed by atoms with van der Waals surface area (Å²) < 4.78 is 41.4. The Morgan fingerprint density at radius 1 is 1.07 bits per heavy atom. The topological polar surface area (TPSA) is 96.8 Å². The number of aryl methyl sites for hydroxylation is 1. The van der Waals surface area contributed by atoms with Crippen LogP contribution in [0.4, 0.5) is 29.5 Å². The second kappa shape index (κ2) is 8.59. The molecule has 0 radical (unpaired) electrons. The van der Waals surface area contributed by atoms with Crippen molar-refractivity contribution in [1.82, 2.24) is 24.8 Å². The highest BCUT2D eigenvalue weighted by molar-refractivity contribution is 5.89. The van der Waals surface area contributed by atoms with Crippen LogP contribution in [0, 0.1) is 31.3 Å². The molecule has 0 aliphatic carbocycles. The van der Waals surface area contributed by atoms with Crippen molar-refractivity contribution in [3.8, 4) is 5.82 Å². The normalized spacial score (nSPS) is 10.7. The van der Waals surface area contributed by atoms with Crippen LogP contribution in [0.15, 0.2) is 30.9 Å². The number of carbonyl (C=O) groups excluding carboxylic acids is 1. The molecule has 0 aliphatic rings. The number of benzene rings is 1. The van der Waals surface area contributed by atoms with E-state index in [1.54, 1.807) is 12.4 Å². The first-order chi connectivity index (χ1) is 13.9. The van der Waals surface area contributed by atoms with Crippen LogP contribution >= 0.6 is 0 Å². The SMILES string of the molecule is Cc1ncn(-c2cc(NCCNC(=O)Nc3ccc(F)c(F)c3F)ncn2)c1C. The molecule has 0 aliphatic heterocycles. The Kier molecular flexibility index (Phi) is 5.96. The molecule has 2 amide bonds. The van der Waals surface area contributed by atoms with E-state index in [0.29, 0.717) is 18.2 Å². The second-order valence-corrected chi connectivity index (χ2v) is 6.08. The molecule has 3 rings (SSSR count). The third-order valence-electron chi connectivity index (χ3n) is 4.15. The molecule has 8 nitrogen and oxygen atoms in total. The largest absolute Gasteiger partial charge is 0.368 e. The highest BCUT2D eigenvalue weighted by Crippen LogP contribution is 2.19. The fourth-order valence-corrected chi connectivity index (χ4v) is 2.46. The van der Waals surface area contributed by atoms with Gasteiger partial charge in [0.2, 0.25) is 0 Å². The summed E-state index contributed by atoms with van der Waals surface area (Å²) in [6, 6.07) is 2.63. The van der Waals surface area contributed by atoms with E-state index in [1.165, 1.54) is 6.33 Å².